The predicted molar refractivity (Wildman–Crippen MR) is 351 cm³/mol. The molecule has 3 heterocycles. The smallest absolute Gasteiger partial charge is 0.220 e. The van der Waals surface area contributed by atoms with E-state index in [1.807, 2.05) is 6.08 Å². The van der Waals surface area contributed by atoms with Crippen molar-refractivity contribution in [3.8, 4) is 0 Å². The Kier molecular flexibility index (Phi) is 48.6. The van der Waals surface area contributed by atoms with Gasteiger partial charge in [-0.1, -0.05) is 262 Å². The summed E-state index contributed by atoms with van der Waals surface area (Å²) in [6, 6.07) is -0.995. The van der Waals surface area contributed by atoms with Gasteiger partial charge in [0.05, 0.1) is 38.6 Å². The minimum atomic E-state index is -1.98. The molecular weight excluding hydrogens is 1150 g/mol. The number of carbonyl (C=O) groups excluding carboxylic acids is 1. The molecule has 90 heavy (non-hydrogen) atoms. The summed E-state index contributed by atoms with van der Waals surface area (Å²) in [5, 5.41) is 121. The number of nitrogens with one attached hydrogen (secondary N) is 1. The Morgan fingerprint density at radius 2 is 0.711 bits per heavy atom. The highest BCUT2D eigenvalue weighted by Gasteiger charge is 2.53. The Morgan fingerprint density at radius 3 is 1.11 bits per heavy atom. The normalized spacial score (nSPS) is 28.2. The van der Waals surface area contributed by atoms with Crippen LogP contribution in [0.25, 0.3) is 0 Å². The monoisotopic (exact) mass is 1290 g/mol. The molecular formula is C71H131NO18. The van der Waals surface area contributed by atoms with Crippen LogP contribution in [0.2, 0.25) is 0 Å². The number of rotatable bonds is 56. The average molecular weight is 1290 g/mol. The van der Waals surface area contributed by atoms with Crippen LogP contribution in [-0.4, -0.2) is 193 Å². The van der Waals surface area contributed by atoms with Crippen molar-refractivity contribution in [2.75, 3.05) is 26.4 Å². The molecule has 0 saturated carbocycles. The van der Waals surface area contributed by atoms with Gasteiger partial charge in [-0.15, -0.1) is 0 Å². The zero-order valence-corrected chi connectivity index (χ0v) is 55.9. The molecule has 0 radical (unpaired) electrons. The summed E-state index contributed by atoms with van der Waals surface area (Å²) in [6.45, 7) is 1.74. The molecule has 0 aromatic rings. The third-order valence-electron chi connectivity index (χ3n) is 18.2. The van der Waals surface area contributed by atoms with Gasteiger partial charge in [-0.3, -0.25) is 4.79 Å². The van der Waals surface area contributed by atoms with E-state index in [-0.39, 0.29) is 18.9 Å². The molecule has 528 valence electrons. The number of carbonyl (C=O) groups is 1. The van der Waals surface area contributed by atoms with E-state index in [4.69, 9.17) is 28.4 Å². The third-order valence-corrected chi connectivity index (χ3v) is 18.2. The summed E-state index contributed by atoms with van der Waals surface area (Å²) in [7, 11) is 0. The number of ether oxygens (including phenoxy) is 6. The number of aliphatic hydroxyl groups is 11. The Morgan fingerprint density at radius 1 is 0.389 bits per heavy atom. The van der Waals surface area contributed by atoms with E-state index in [0.29, 0.717) is 12.8 Å². The van der Waals surface area contributed by atoms with E-state index in [9.17, 15) is 61.0 Å². The first kappa shape index (κ1) is 82.2. The average Bonchev–Trinajstić information content (AvgIpc) is 1.16. The maximum atomic E-state index is 13.4. The van der Waals surface area contributed by atoms with Gasteiger partial charge in [0.25, 0.3) is 0 Å². The highest BCUT2D eigenvalue weighted by atomic mass is 16.8. The summed E-state index contributed by atoms with van der Waals surface area (Å²) < 4.78 is 34.4. The zero-order chi connectivity index (χ0) is 65.4. The zero-order valence-electron chi connectivity index (χ0n) is 55.9. The molecule has 0 spiro atoms. The van der Waals surface area contributed by atoms with E-state index in [0.717, 1.165) is 44.9 Å². The van der Waals surface area contributed by atoms with Gasteiger partial charge in [0.1, 0.15) is 73.2 Å². The highest BCUT2D eigenvalue weighted by Crippen LogP contribution is 2.33. The quantitative estimate of drug-likeness (QED) is 0.0199. The molecule has 12 N–H and O–H groups in total. The summed E-state index contributed by atoms with van der Waals surface area (Å²) in [6.07, 6.45) is 35.5. The van der Waals surface area contributed by atoms with Crippen LogP contribution >= 0.6 is 0 Å². The SMILES string of the molecule is CCCCCCCCCCCCCCC/C=C/CC/C=C/CC/C=C/C(O)C(COC1OC(CO)C(OC2OC(CO)C(OC3OC(CO)C(O)C(O)C3O)C(O)C2O)C(O)C1O)NC(=O)CCCCCCCCCCCCCCCCCCCCCCCC. The lowest BCUT2D eigenvalue weighted by molar-refractivity contribution is -0.379. The van der Waals surface area contributed by atoms with Crippen molar-refractivity contribution in [2.24, 2.45) is 0 Å². The van der Waals surface area contributed by atoms with Crippen LogP contribution < -0.4 is 5.32 Å². The van der Waals surface area contributed by atoms with Crippen LogP contribution in [0.4, 0.5) is 0 Å². The minimum Gasteiger partial charge on any atom is -0.394 e. The third kappa shape index (κ3) is 34.6. The Balaban J connectivity index is 1.45. The van der Waals surface area contributed by atoms with E-state index >= 15 is 0 Å². The van der Waals surface area contributed by atoms with Crippen LogP contribution in [0.15, 0.2) is 36.5 Å². The van der Waals surface area contributed by atoms with Crippen LogP contribution in [0.1, 0.15) is 277 Å². The largest absolute Gasteiger partial charge is 0.394 e. The van der Waals surface area contributed by atoms with Crippen molar-refractivity contribution in [3.63, 3.8) is 0 Å². The molecule has 3 rings (SSSR count). The first-order valence-corrected chi connectivity index (χ1v) is 36.2. The van der Waals surface area contributed by atoms with E-state index in [2.05, 4.69) is 43.5 Å². The Bertz CT molecular complexity index is 1780. The lowest BCUT2D eigenvalue weighted by atomic mass is 9.96. The Labute approximate surface area is 542 Å². The van der Waals surface area contributed by atoms with Crippen molar-refractivity contribution < 1.29 is 89.4 Å². The highest BCUT2D eigenvalue weighted by molar-refractivity contribution is 5.76. The fourth-order valence-electron chi connectivity index (χ4n) is 12.3. The predicted octanol–water partition coefficient (Wildman–Crippen LogP) is 10.00. The summed E-state index contributed by atoms with van der Waals surface area (Å²) in [5.41, 5.74) is 0. The molecule has 19 heteroatoms. The van der Waals surface area contributed by atoms with Gasteiger partial charge in [0.2, 0.25) is 5.91 Å². The van der Waals surface area contributed by atoms with Crippen LogP contribution in [0.3, 0.4) is 0 Å². The maximum Gasteiger partial charge on any atom is 0.220 e. The van der Waals surface area contributed by atoms with Gasteiger partial charge in [0.15, 0.2) is 18.9 Å². The summed E-state index contributed by atoms with van der Waals surface area (Å²) in [4.78, 5) is 13.4. The lowest BCUT2D eigenvalue weighted by Crippen LogP contribution is -2.66. The number of hydrogen-bond acceptors (Lipinski definition) is 18. The number of allylic oxidation sites excluding steroid dienone is 5. The van der Waals surface area contributed by atoms with Crippen molar-refractivity contribution in [2.45, 2.75) is 381 Å². The molecule has 1 amide bonds. The van der Waals surface area contributed by atoms with Gasteiger partial charge in [-0.05, 0) is 44.9 Å². The van der Waals surface area contributed by atoms with Crippen molar-refractivity contribution in [3.05, 3.63) is 36.5 Å². The van der Waals surface area contributed by atoms with Crippen LogP contribution in [0.5, 0.6) is 0 Å². The first-order chi connectivity index (χ1) is 43.8. The molecule has 0 aromatic heterocycles. The molecule has 19 nitrogen and oxygen atoms in total. The second-order valence-electron chi connectivity index (χ2n) is 26.0. The topological polar surface area (TPSA) is 307 Å². The molecule has 0 aliphatic carbocycles. The van der Waals surface area contributed by atoms with Crippen LogP contribution in [-0.2, 0) is 33.2 Å². The molecule has 3 aliphatic heterocycles. The van der Waals surface area contributed by atoms with Crippen molar-refractivity contribution in [1.29, 1.82) is 0 Å². The first-order valence-electron chi connectivity index (χ1n) is 36.2. The van der Waals surface area contributed by atoms with Crippen molar-refractivity contribution in [1.82, 2.24) is 5.32 Å². The molecule has 3 saturated heterocycles. The second-order valence-corrected chi connectivity index (χ2v) is 26.0. The molecule has 0 aromatic carbocycles. The molecule has 17 unspecified atom stereocenters. The molecule has 17 atom stereocenters. The van der Waals surface area contributed by atoms with Gasteiger partial charge in [-0.25, -0.2) is 0 Å². The maximum absolute atomic E-state index is 13.4. The molecule has 3 fully saturated rings. The number of aliphatic hydroxyl groups excluding tert-OH is 11. The van der Waals surface area contributed by atoms with Gasteiger partial charge in [-0.2, -0.15) is 0 Å². The molecule has 0 bridgehead atoms. The van der Waals surface area contributed by atoms with Gasteiger partial charge < -0.3 is 89.9 Å². The lowest BCUT2D eigenvalue weighted by Gasteiger charge is -2.48. The van der Waals surface area contributed by atoms with Gasteiger partial charge in [0, 0.05) is 6.42 Å². The van der Waals surface area contributed by atoms with E-state index < -0.39 is 124 Å². The number of hydrogen-bond donors (Lipinski definition) is 12. The standard InChI is InChI=1S/C71H131NO18/c1-3-5-7-9-11-13-15-17-19-21-23-25-27-28-30-32-34-36-38-40-42-44-46-48-55(76)54(72-59(77)49-47-45-43-41-39-37-35-33-31-29-26-24-22-20-18-16-14-12-10-8-6-4-2)53-85-69-65(83)62(80)67(57(51-74)87-69)90-71-66(84)63(81)68(58(52-75)88-71)89-70-64(82)61(79)60(78)56(50-73)86-70/h30,32,38,40,46,48,54-58,60-71,73-76,78-84H,3-29,31,33-37,39,41-45,47,49-53H2,1-2H3,(H,72,77)/b32-30+,40-38+,48-46+. The number of unbranched alkanes of at least 4 members (excludes halogenated alkanes) is 36. The summed E-state index contributed by atoms with van der Waals surface area (Å²) in [5.74, 6) is -0.285. The van der Waals surface area contributed by atoms with Crippen molar-refractivity contribution >= 4 is 5.91 Å². The fourth-order valence-corrected chi connectivity index (χ4v) is 12.3. The van der Waals surface area contributed by atoms with E-state index in [1.54, 1.807) is 6.08 Å². The van der Waals surface area contributed by atoms with Gasteiger partial charge >= 0.3 is 0 Å². The van der Waals surface area contributed by atoms with E-state index in [1.165, 1.54) is 199 Å². The second kappa shape index (κ2) is 53.2. The number of amides is 1. The summed E-state index contributed by atoms with van der Waals surface area (Å²) >= 11 is 0. The molecule has 3 aliphatic rings. The minimum absolute atomic E-state index is 0.236. The van der Waals surface area contributed by atoms with Crippen LogP contribution in [0, 0.1) is 0 Å². The fraction of sp³-hybridized carbons (Fsp3) is 0.901. The Hall–Kier alpha value is -1.99.